The van der Waals surface area contributed by atoms with Gasteiger partial charge < -0.3 is 5.11 Å². The highest BCUT2D eigenvalue weighted by Gasteiger charge is 2.23. The highest BCUT2D eigenvalue weighted by Crippen LogP contribution is 2.15. The van der Waals surface area contributed by atoms with Crippen LogP contribution in [-0.4, -0.2) is 43.3 Å². The summed E-state index contributed by atoms with van der Waals surface area (Å²) in [6.07, 6.45) is 4.09. The monoisotopic (exact) mass is 244 g/mol. The van der Waals surface area contributed by atoms with Crippen molar-refractivity contribution >= 4 is 17.7 Å². The maximum Gasteiger partial charge on any atom is 0.328 e. The largest absolute Gasteiger partial charge is 0.480 e. The van der Waals surface area contributed by atoms with Crippen LogP contribution in [0.25, 0.3) is 0 Å². The summed E-state index contributed by atoms with van der Waals surface area (Å²) in [7, 11) is 0. The normalized spacial score (nSPS) is 12.6. The second kappa shape index (κ2) is 6.47. The van der Waals surface area contributed by atoms with Gasteiger partial charge in [0.05, 0.1) is 0 Å². The summed E-state index contributed by atoms with van der Waals surface area (Å²) in [6.45, 7) is 2.01. The third kappa shape index (κ3) is 3.19. The molecule has 0 aromatic carbocycles. The van der Waals surface area contributed by atoms with Crippen molar-refractivity contribution in [2.45, 2.75) is 32.2 Å². The first kappa shape index (κ1) is 13.0. The van der Waals surface area contributed by atoms with E-state index in [4.69, 9.17) is 5.11 Å². The number of rotatable bonds is 7. The Morgan fingerprint density at radius 3 is 2.94 bits per heavy atom. The number of tetrazole rings is 1. The van der Waals surface area contributed by atoms with E-state index >= 15 is 0 Å². The molecule has 90 valence electrons. The maximum absolute atomic E-state index is 11.1. The van der Waals surface area contributed by atoms with Gasteiger partial charge in [-0.2, -0.15) is 11.8 Å². The minimum atomic E-state index is -0.876. The lowest BCUT2D eigenvalue weighted by Crippen LogP contribution is -2.23. The zero-order chi connectivity index (χ0) is 12.0. The number of carbonyl (C=O) groups is 1. The molecule has 0 saturated carbocycles. The molecule has 6 nitrogen and oxygen atoms in total. The van der Waals surface area contributed by atoms with Crippen LogP contribution < -0.4 is 0 Å². The summed E-state index contributed by atoms with van der Waals surface area (Å²) in [4.78, 5) is 11.1. The second-order valence-electron chi connectivity index (χ2n) is 3.43. The van der Waals surface area contributed by atoms with E-state index in [1.807, 2.05) is 13.2 Å². The van der Waals surface area contributed by atoms with Crippen molar-refractivity contribution in [3.05, 3.63) is 5.82 Å². The molecule has 16 heavy (non-hydrogen) atoms. The van der Waals surface area contributed by atoms with Gasteiger partial charge in [-0.1, -0.05) is 6.92 Å². The van der Waals surface area contributed by atoms with Crippen molar-refractivity contribution in [1.82, 2.24) is 20.2 Å². The van der Waals surface area contributed by atoms with Gasteiger partial charge in [0.25, 0.3) is 0 Å². The topological polar surface area (TPSA) is 80.9 Å². The first-order chi connectivity index (χ1) is 7.70. The van der Waals surface area contributed by atoms with Crippen molar-refractivity contribution in [3.63, 3.8) is 0 Å². The van der Waals surface area contributed by atoms with Crippen molar-refractivity contribution in [1.29, 1.82) is 0 Å². The minimum absolute atomic E-state index is 0.540. The third-order valence-corrected chi connectivity index (χ3v) is 2.85. The van der Waals surface area contributed by atoms with Crippen molar-refractivity contribution < 1.29 is 9.90 Å². The van der Waals surface area contributed by atoms with E-state index in [0.717, 1.165) is 12.2 Å². The van der Waals surface area contributed by atoms with Gasteiger partial charge in [0.1, 0.15) is 0 Å². The van der Waals surface area contributed by atoms with Crippen molar-refractivity contribution in [3.8, 4) is 0 Å². The highest BCUT2D eigenvalue weighted by atomic mass is 32.2. The van der Waals surface area contributed by atoms with Gasteiger partial charge >= 0.3 is 5.97 Å². The van der Waals surface area contributed by atoms with Gasteiger partial charge in [-0.05, 0) is 35.3 Å². The number of hydrogen-bond acceptors (Lipinski definition) is 5. The van der Waals surface area contributed by atoms with Crippen LogP contribution in [0.1, 0.15) is 31.6 Å². The van der Waals surface area contributed by atoms with Gasteiger partial charge in [-0.25, -0.2) is 9.48 Å². The van der Waals surface area contributed by atoms with Crippen LogP contribution in [0, 0.1) is 0 Å². The van der Waals surface area contributed by atoms with E-state index in [9.17, 15) is 4.79 Å². The smallest absolute Gasteiger partial charge is 0.328 e. The lowest BCUT2D eigenvalue weighted by molar-refractivity contribution is -0.141. The number of carboxylic acids is 1. The predicted molar refractivity (Wildman–Crippen MR) is 61.5 cm³/mol. The molecular formula is C9H16N4O2S. The molecule has 0 radical (unpaired) electrons. The zero-order valence-corrected chi connectivity index (χ0v) is 10.3. The fraction of sp³-hybridized carbons (Fsp3) is 0.778. The molecule has 0 aliphatic heterocycles. The van der Waals surface area contributed by atoms with E-state index in [-0.39, 0.29) is 0 Å². The average Bonchev–Trinajstić information content (AvgIpc) is 2.67. The number of nitrogens with zero attached hydrogens (tertiary/aromatic N) is 4. The molecule has 0 aliphatic carbocycles. The number of aryl methyl sites for hydroxylation is 1. The van der Waals surface area contributed by atoms with Crippen LogP contribution in [0.15, 0.2) is 0 Å². The lowest BCUT2D eigenvalue weighted by Gasteiger charge is -2.12. The SMILES string of the molecule is CCCc1nnnn1C(CCSC)C(=O)O. The number of hydrogen-bond donors (Lipinski definition) is 1. The van der Waals surface area contributed by atoms with Gasteiger partial charge in [0, 0.05) is 6.42 Å². The Bertz CT molecular complexity index is 342. The first-order valence-corrected chi connectivity index (χ1v) is 6.58. The third-order valence-electron chi connectivity index (χ3n) is 2.21. The quantitative estimate of drug-likeness (QED) is 0.770. The van der Waals surface area contributed by atoms with Crippen LogP contribution in [-0.2, 0) is 11.2 Å². The van der Waals surface area contributed by atoms with Gasteiger partial charge in [-0.3, -0.25) is 0 Å². The van der Waals surface area contributed by atoms with Crippen LogP contribution in [0.5, 0.6) is 0 Å². The molecule has 1 atom stereocenters. The zero-order valence-electron chi connectivity index (χ0n) is 9.46. The van der Waals surface area contributed by atoms with Crippen LogP contribution in [0.4, 0.5) is 0 Å². The molecule has 0 fully saturated rings. The molecule has 1 N–H and O–H groups in total. The van der Waals surface area contributed by atoms with Crippen LogP contribution >= 0.6 is 11.8 Å². The molecule has 1 aromatic heterocycles. The Hall–Kier alpha value is -1.11. The number of carboxylic acid groups (broad SMARTS) is 1. The summed E-state index contributed by atoms with van der Waals surface area (Å²) < 4.78 is 1.43. The molecular weight excluding hydrogens is 228 g/mol. The van der Waals surface area contributed by atoms with Gasteiger partial charge in [-0.15, -0.1) is 5.10 Å². The molecule has 1 rings (SSSR count). The Labute approximate surface area is 98.4 Å². The first-order valence-electron chi connectivity index (χ1n) is 5.19. The van der Waals surface area contributed by atoms with Crippen LogP contribution in [0.2, 0.25) is 0 Å². The molecule has 1 aromatic rings. The molecule has 0 saturated heterocycles. The molecule has 0 aliphatic rings. The van der Waals surface area contributed by atoms with Gasteiger partial charge in [0.15, 0.2) is 11.9 Å². The Balaban J connectivity index is 2.83. The Kier molecular flexibility index (Phi) is 5.24. The number of aromatic nitrogens is 4. The summed E-state index contributed by atoms with van der Waals surface area (Å²) in [5, 5.41) is 20.3. The predicted octanol–water partition coefficient (Wildman–Crippen LogP) is 1.00. The molecule has 0 bridgehead atoms. The molecule has 0 spiro atoms. The molecule has 0 amide bonds. The van der Waals surface area contributed by atoms with E-state index in [2.05, 4.69) is 15.5 Å². The number of thioether (sulfide) groups is 1. The number of aliphatic carboxylic acids is 1. The summed E-state index contributed by atoms with van der Waals surface area (Å²) >= 11 is 1.62. The lowest BCUT2D eigenvalue weighted by atomic mass is 10.2. The molecule has 7 heteroatoms. The standard InChI is InChI=1S/C9H16N4O2S/c1-3-4-8-10-11-12-13(8)7(9(14)15)5-6-16-2/h7H,3-6H2,1-2H3,(H,14,15). The van der Waals surface area contributed by atoms with E-state index in [1.54, 1.807) is 11.8 Å². The van der Waals surface area contributed by atoms with Gasteiger partial charge in [0.2, 0.25) is 0 Å². The fourth-order valence-corrected chi connectivity index (χ4v) is 1.88. The van der Waals surface area contributed by atoms with E-state index in [1.165, 1.54) is 4.68 Å². The molecule has 1 heterocycles. The maximum atomic E-state index is 11.1. The average molecular weight is 244 g/mol. The minimum Gasteiger partial charge on any atom is -0.480 e. The molecule has 1 unspecified atom stereocenters. The Morgan fingerprint density at radius 2 is 2.38 bits per heavy atom. The summed E-state index contributed by atoms with van der Waals surface area (Å²) in [5.74, 6) is 0.553. The second-order valence-corrected chi connectivity index (χ2v) is 4.41. The Morgan fingerprint density at radius 1 is 1.62 bits per heavy atom. The fourth-order valence-electron chi connectivity index (χ4n) is 1.42. The van der Waals surface area contributed by atoms with Crippen LogP contribution in [0.3, 0.4) is 0 Å². The highest BCUT2D eigenvalue weighted by molar-refractivity contribution is 7.98. The summed E-state index contributed by atoms with van der Waals surface area (Å²) in [5.41, 5.74) is 0. The van der Waals surface area contributed by atoms with E-state index in [0.29, 0.717) is 18.7 Å². The van der Waals surface area contributed by atoms with Crippen molar-refractivity contribution in [2.24, 2.45) is 0 Å². The van der Waals surface area contributed by atoms with E-state index < -0.39 is 12.0 Å². The summed E-state index contributed by atoms with van der Waals surface area (Å²) in [6, 6.07) is -0.649. The van der Waals surface area contributed by atoms with Crippen molar-refractivity contribution in [2.75, 3.05) is 12.0 Å².